The largest absolute Gasteiger partial charge is 0.481 e. The number of carboxylic acid groups (broad SMARTS) is 1. The maximum atomic E-state index is 10.8. The Morgan fingerprint density at radius 3 is 2.65 bits per heavy atom. The van der Waals surface area contributed by atoms with E-state index in [1.165, 1.54) is 5.56 Å². The van der Waals surface area contributed by atoms with Gasteiger partial charge in [-0.2, -0.15) is 0 Å². The molecule has 2 rings (SSSR count). The van der Waals surface area contributed by atoms with Gasteiger partial charge >= 0.3 is 5.97 Å². The molecule has 2 heterocycles. The summed E-state index contributed by atoms with van der Waals surface area (Å²) in [4.78, 5) is 13.1. The summed E-state index contributed by atoms with van der Waals surface area (Å²) in [7, 11) is 0. The molecule has 1 fully saturated rings. The minimum absolute atomic E-state index is 0. The fourth-order valence-corrected chi connectivity index (χ4v) is 3.23. The molecule has 1 aliphatic heterocycles. The van der Waals surface area contributed by atoms with Crippen LogP contribution in [0.5, 0.6) is 0 Å². The molecular weight excluding hydrogens is 326 g/mol. The Morgan fingerprint density at radius 1 is 1.53 bits per heavy atom. The first kappa shape index (κ1) is 15.0. The lowest BCUT2D eigenvalue weighted by molar-refractivity contribution is -0.143. The SMILES string of the molecule is Cl.O=C(O)C1CCN(Cc2csc(Br)c2)CC1. The first-order chi connectivity index (χ1) is 7.65. The average Bonchev–Trinajstić information content (AvgIpc) is 2.65. The average molecular weight is 341 g/mol. The van der Waals surface area contributed by atoms with Crippen molar-refractivity contribution in [3.63, 3.8) is 0 Å². The van der Waals surface area contributed by atoms with E-state index < -0.39 is 5.97 Å². The molecule has 0 unspecified atom stereocenters. The second-order valence-corrected chi connectivity index (χ2v) is 6.44. The highest BCUT2D eigenvalue weighted by atomic mass is 79.9. The van der Waals surface area contributed by atoms with Gasteiger partial charge in [0.1, 0.15) is 0 Å². The van der Waals surface area contributed by atoms with E-state index in [2.05, 4.69) is 32.3 Å². The number of rotatable bonds is 3. The van der Waals surface area contributed by atoms with Crippen LogP contribution in [0.1, 0.15) is 18.4 Å². The maximum absolute atomic E-state index is 10.8. The second kappa shape index (κ2) is 6.73. The molecule has 1 aromatic rings. The molecule has 0 radical (unpaired) electrons. The third-order valence-corrected chi connectivity index (χ3v) is 4.52. The van der Waals surface area contributed by atoms with E-state index in [-0.39, 0.29) is 18.3 Å². The zero-order valence-corrected chi connectivity index (χ0v) is 12.5. The lowest BCUT2D eigenvalue weighted by Crippen LogP contribution is -2.35. The normalized spacial score (nSPS) is 17.7. The highest BCUT2D eigenvalue weighted by molar-refractivity contribution is 9.11. The Labute approximate surface area is 119 Å². The van der Waals surface area contributed by atoms with E-state index in [4.69, 9.17) is 5.11 Å². The summed E-state index contributed by atoms with van der Waals surface area (Å²) in [5, 5.41) is 11.0. The number of halogens is 2. The summed E-state index contributed by atoms with van der Waals surface area (Å²) in [5.74, 6) is -0.775. The molecule has 96 valence electrons. The Bertz CT molecular complexity index is 377. The minimum atomic E-state index is -0.641. The molecule has 17 heavy (non-hydrogen) atoms. The standard InChI is InChI=1S/C11H14BrNO2S.ClH/c12-10-5-8(7-16-10)6-13-3-1-9(2-4-13)11(14)15;/h5,7,9H,1-4,6H2,(H,14,15);1H. The van der Waals surface area contributed by atoms with Crippen molar-refractivity contribution in [2.45, 2.75) is 19.4 Å². The molecule has 1 saturated heterocycles. The lowest BCUT2D eigenvalue weighted by atomic mass is 9.97. The molecule has 0 amide bonds. The summed E-state index contributed by atoms with van der Waals surface area (Å²) < 4.78 is 1.16. The highest BCUT2D eigenvalue weighted by Gasteiger charge is 2.24. The molecule has 1 N–H and O–H groups in total. The van der Waals surface area contributed by atoms with Gasteiger partial charge in [-0.15, -0.1) is 23.7 Å². The molecule has 0 bridgehead atoms. The molecular formula is C11H15BrClNO2S. The van der Waals surface area contributed by atoms with Crippen LogP contribution < -0.4 is 0 Å². The number of hydrogen-bond acceptors (Lipinski definition) is 3. The third-order valence-electron chi connectivity index (χ3n) is 2.96. The van der Waals surface area contributed by atoms with Gasteiger partial charge in [0, 0.05) is 6.54 Å². The Hall–Kier alpha value is -0.100. The number of carbonyl (C=O) groups is 1. The molecule has 0 aliphatic carbocycles. The summed E-state index contributed by atoms with van der Waals surface area (Å²) in [6.07, 6.45) is 1.56. The minimum Gasteiger partial charge on any atom is -0.481 e. The summed E-state index contributed by atoms with van der Waals surface area (Å²) in [5.41, 5.74) is 1.31. The van der Waals surface area contributed by atoms with Crippen molar-refractivity contribution < 1.29 is 9.90 Å². The molecule has 6 heteroatoms. The van der Waals surface area contributed by atoms with Crippen LogP contribution >= 0.6 is 39.7 Å². The zero-order valence-electron chi connectivity index (χ0n) is 9.26. The molecule has 0 aromatic carbocycles. The smallest absolute Gasteiger partial charge is 0.306 e. The van der Waals surface area contributed by atoms with Gasteiger partial charge in [-0.1, -0.05) is 0 Å². The van der Waals surface area contributed by atoms with E-state index in [1.807, 2.05) is 0 Å². The Morgan fingerprint density at radius 2 is 2.18 bits per heavy atom. The molecule has 0 saturated carbocycles. The van der Waals surface area contributed by atoms with Crippen molar-refractivity contribution in [3.05, 3.63) is 20.8 Å². The van der Waals surface area contributed by atoms with Gasteiger partial charge in [-0.3, -0.25) is 9.69 Å². The van der Waals surface area contributed by atoms with Gasteiger partial charge in [0.25, 0.3) is 0 Å². The van der Waals surface area contributed by atoms with Crippen LogP contribution in [0.4, 0.5) is 0 Å². The molecule has 1 aromatic heterocycles. The fourth-order valence-electron chi connectivity index (χ4n) is 2.02. The number of nitrogens with zero attached hydrogens (tertiary/aromatic N) is 1. The van der Waals surface area contributed by atoms with Crippen molar-refractivity contribution in [1.29, 1.82) is 0 Å². The highest BCUT2D eigenvalue weighted by Crippen LogP contribution is 2.24. The van der Waals surface area contributed by atoms with E-state index in [1.54, 1.807) is 11.3 Å². The van der Waals surface area contributed by atoms with E-state index in [0.29, 0.717) is 0 Å². The number of piperidine rings is 1. The van der Waals surface area contributed by atoms with Crippen LogP contribution in [0, 0.1) is 5.92 Å². The third kappa shape index (κ3) is 4.25. The number of carboxylic acids is 1. The molecule has 0 spiro atoms. The van der Waals surface area contributed by atoms with Gasteiger partial charge in [0.2, 0.25) is 0 Å². The quantitative estimate of drug-likeness (QED) is 0.918. The van der Waals surface area contributed by atoms with Crippen LogP contribution in [0.15, 0.2) is 15.2 Å². The van der Waals surface area contributed by atoms with Gasteiger partial charge in [0.05, 0.1) is 9.70 Å². The van der Waals surface area contributed by atoms with Crippen molar-refractivity contribution in [3.8, 4) is 0 Å². The fraction of sp³-hybridized carbons (Fsp3) is 0.545. The number of likely N-dealkylation sites (tertiary alicyclic amines) is 1. The first-order valence-corrected chi connectivity index (χ1v) is 7.00. The van der Waals surface area contributed by atoms with E-state index in [0.717, 1.165) is 36.3 Å². The summed E-state index contributed by atoms with van der Waals surface area (Å²) in [6.45, 7) is 2.73. The van der Waals surface area contributed by atoms with Crippen molar-refractivity contribution in [1.82, 2.24) is 4.90 Å². The number of aliphatic carboxylic acids is 1. The van der Waals surface area contributed by atoms with Crippen LogP contribution in [0.3, 0.4) is 0 Å². The summed E-state index contributed by atoms with van der Waals surface area (Å²) >= 11 is 5.14. The van der Waals surface area contributed by atoms with E-state index in [9.17, 15) is 4.79 Å². The topological polar surface area (TPSA) is 40.5 Å². The maximum Gasteiger partial charge on any atom is 0.306 e. The van der Waals surface area contributed by atoms with Crippen molar-refractivity contribution >= 4 is 45.6 Å². The Balaban J connectivity index is 0.00000144. The second-order valence-electron chi connectivity index (χ2n) is 4.15. The number of thiophene rings is 1. The van der Waals surface area contributed by atoms with Crippen LogP contribution in [0.25, 0.3) is 0 Å². The predicted molar refractivity (Wildman–Crippen MR) is 74.9 cm³/mol. The van der Waals surface area contributed by atoms with Gasteiger partial charge in [-0.05, 0) is 58.9 Å². The Kier molecular flexibility index (Phi) is 5.92. The zero-order chi connectivity index (χ0) is 11.5. The molecule has 0 atom stereocenters. The van der Waals surface area contributed by atoms with Crippen LogP contribution in [-0.4, -0.2) is 29.1 Å². The van der Waals surface area contributed by atoms with Crippen molar-refractivity contribution in [2.24, 2.45) is 5.92 Å². The van der Waals surface area contributed by atoms with Gasteiger partial charge in [0.15, 0.2) is 0 Å². The monoisotopic (exact) mass is 339 g/mol. The van der Waals surface area contributed by atoms with Gasteiger partial charge < -0.3 is 5.11 Å². The van der Waals surface area contributed by atoms with E-state index >= 15 is 0 Å². The predicted octanol–water partition coefficient (Wildman–Crippen LogP) is 3.23. The van der Waals surface area contributed by atoms with Crippen molar-refractivity contribution in [2.75, 3.05) is 13.1 Å². The van der Waals surface area contributed by atoms with Gasteiger partial charge in [-0.25, -0.2) is 0 Å². The lowest BCUT2D eigenvalue weighted by Gasteiger charge is -2.29. The first-order valence-electron chi connectivity index (χ1n) is 5.33. The van der Waals surface area contributed by atoms with Crippen LogP contribution in [0.2, 0.25) is 0 Å². The molecule has 1 aliphatic rings. The molecule has 3 nitrogen and oxygen atoms in total. The number of hydrogen-bond donors (Lipinski definition) is 1. The summed E-state index contributed by atoms with van der Waals surface area (Å²) in [6, 6.07) is 2.13. The van der Waals surface area contributed by atoms with Crippen LogP contribution in [-0.2, 0) is 11.3 Å².